The second-order valence-corrected chi connectivity index (χ2v) is 6.06. The van der Waals surface area contributed by atoms with E-state index in [4.69, 9.17) is 5.11 Å². The number of rotatable bonds is 2. The molecule has 5 heteroatoms. The molecular formula is C12H9Br3O2. The minimum atomic E-state index is -0.865. The quantitative estimate of drug-likeness (QED) is 0.760. The van der Waals surface area contributed by atoms with Gasteiger partial charge in [0.2, 0.25) is 0 Å². The van der Waals surface area contributed by atoms with E-state index < -0.39 is 6.10 Å². The van der Waals surface area contributed by atoms with Crippen LogP contribution in [0.15, 0.2) is 37.7 Å². The van der Waals surface area contributed by atoms with Gasteiger partial charge < -0.3 is 10.2 Å². The van der Waals surface area contributed by atoms with E-state index in [1.54, 1.807) is 0 Å². The molecule has 0 aliphatic heterocycles. The van der Waals surface area contributed by atoms with Crippen molar-refractivity contribution in [2.24, 2.45) is 0 Å². The number of aliphatic hydroxyl groups is 2. The van der Waals surface area contributed by atoms with Gasteiger partial charge in [-0.25, -0.2) is 0 Å². The molecule has 0 saturated carbocycles. The lowest BCUT2D eigenvalue weighted by Crippen LogP contribution is -2.03. The van der Waals surface area contributed by atoms with Gasteiger partial charge in [0, 0.05) is 13.4 Å². The van der Waals surface area contributed by atoms with E-state index in [0.29, 0.717) is 5.56 Å². The molecule has 0 radical (unpaired) electrons. The highest BCUT2D eigenvalue weighted by Crippen LogP contribution is 2.37. The van der Waals surface area contributed by atoms with Gasteiger partial charge in [-0.3, -0.25) is 0 Å². The molecule has 2 aromatic carbocycles. The zero-order valence-corrected chi connectivity index (χ0v) is 13.4. The molecule has 90 valence electrons. The molecule has 2 nitrogen and oxygen atoms in total. The van der Waals surface area contributed by atoms with Crippen molar-refractivity contribution in [2.45, 2.75) is 6.10 Å². The van der Waals surface area contributed by atoms with Gasteiger partial charge in [-0.1, -0.05) is 18.2 Å². The minimum Gasteiger partial charge on any atom is -0.393 e. The summed E-state index contributed by atoms with van der Waals surface area (Å²) in [5.41, 5.74) is 0.689. The Bertz CT molecular complexity index is 569. The number of benzene rings is 2. The third-order valence-corrected chi connectivity index (χ3v) is 5.52. The third-order valence-electron chi connectivity index (χ3n) is 2.58. The van der Waals surface area contributed by atoms with Crippen molar-refractivity contribution in [1.82, 2.24) is 0 Å². The van der Waals surface area contributed by atoms with Crippen LogP contribution in [0.1, 0.15) is 11.7 Å². The zero-order valence-electron chi connectivity index (χ0n) is 8.62. The Labute approximate surface area is 124 Å². The second-order valence-electron chi connectivity index (χ2n) is 3.62. The van der Waals surface area contributed by atoms with Crippen LogP contribution in [0.5, 0.6) is 0 Å². The Morgan fingerprint density at radius 1 is 0.941 bits per heavy atom. The van der Waals surface area contributed by atoms with Crippen molar-refractivity contribution in [3.63, 3.8) is 0 Å². The fraction of sp³-hybridized carbons (Fsp3) is 0.167. The van der Waals surface area contributed by atoms with Gasteiger partial charge >= 0.3 is 0 Å². The SMILES string of the molecule is OCC(O)c1ccc2c(Br)c(Br)ccc2c1Br. The van der Waals surface area contributed by atoms with Gasteiger partial charge in [0.1, 0.15) is 6.10 Å². The lowest BCUT2D eigenvalue weighted by molar-refractivity contribution is 0.0952. The van der Waals surface area contributed by atoms with Crippen molar-refractivity contribution >= 4 is 58.6 Å². The summed E-state index contributed by atoms with van der Waals surface area (Å²) in [7, 11) is 0. The molecule has 0 aliphatic carbocycles. The molecule has 2 rings (SSSR count). The van der Waals surface area contributed by atoms with Gasteiger partial charge in [0.05, 0.1) is 6.61 Å². The van der Waals surface area contributed by atoms with Crippen molar-refractivity contribution in [3.05, 3.63) is 43.2 Å². The van der Waals surface area contributed by atoms with E-state index in [2.05, 4.69) is 47.8 Å². The largest absolute Gasteiger partial charge is 0.393 e. The fourth-order valence-electron chi connectivity index (χ4n) is 1.68. The molecular weight excluding hydrogens is 416 g/mol. The number of fused-ring (bicyclic) bond motifs is 1. The van der Waals surface area contributed by atoms with E-state index in [1.807, 2.05) is 24.3 Å². The predicted molar refractivity (Wildman–Crippen MR) is 79.1 cm³/mol. The molecule has 2 aromatic rings. The second kappa shape index (κ2) is 5.36. The third kappa shape index (κ3) is 2.44. The van der Waals surface area contributed by atoms with Crippen LogP contribution in [0.4, 0.5) is 0 Å². The molecule has 0 fully saturated rings. The summed E-state index contributed by atoms with van der Waals surface area (Å²) in [6.07, 6.45) is -0.865. The van der Waals surface area contributed by atoms with Crippen LogP contribution < -0.4 is 0 Å². The maximum Gasteiger partial charge on any atom is 0.103 e. The topological polar surface area (TPSA) is 40.5 Å². The van der Waals surface area contributed by atoms with E-state index in [0.717, 1.165) is 24.2 Å². The van der Waals surface area contributed by atoms with Crippen molar-refractivity contribution in [3.8, 4) is 0 Å². The Morgan fingerprint density at radius 2 is 1.53 bits per heavy atom. The number of aliphatic hydroxyl groups excluding tert-OH is 2. The summed E-state index contributed by atoms with van der Waals surface area (Å²) < 4.78 is 2.76. The number of hydrogen-bond donors (Lipinski definition) is 2. The Hall–Kier alpha value is 0.0600. The van der Waals surface area contributed by atoms with Crippen LogP contribution >= 0.6 is 47.8 Å². The molecule has 0 aromatic heterocycles. The van der Waals surface area contributed by atoms with E-state index in [1.165, 1.54) is 0 Å². The van der Waals surface area contributed by atoms with Gasteiger partial charge in [-0.05, 0) is 70.2 Å². The Kier molecular flexibility index (Phi) is 4.26. The van der Waals surface area contributed by atoms with Crippen LogP contribution in [0.2, 0.25) is 0 Å². The maximum atomic E-state index is 9.69. The summed E-state index contributed by atoms with van der Waals surface area (Å²) in [6, 6.07) is 7.63. The van der Waals surface area contributed by atoms with E-state index >= 15 is 0 Å². The molecule has 17 heavy (non-hydrogen) atoms. The lowest BCUT2D eigenvalue weighted by atomic mass is 10.0. The average Bonchev–Trinajstić information content (AvgIpc) is 2.33. The molecule has 1 atom stereocenters. The van der Waals surface area contributed by atoms with Gasteiger partial charge in [-0.2, -0.15) is 0 Å². The van der Waals surface area contributed by atoms with Crippen LogP contribution in [0.3, 0.4) is 0 Å². The highest BCUT2D eigenvalue weighted by Gasteiger charge is 2.14. The van der Waals surface area contributed by atoms with Crippen LogP contribution in [0.25, 0.3) is 10.8 Å². The van der Waals surface area contributed by atoms with Crippen LogP contribution in [-0.2, 0) is 0 Å². The van der Waals surface area contributed by atoms with E-state index in [9.17, 15) is 5.11 Å². The highest BCUT2D eigenvalue weighted by molar-refractivity contribution is 9.13. The summed E-state index contributed by atoms with van der Waals surface area (Å²) >= 11 is 10.4. The molecule has 2 N–H and O–H groups in total. The molecule has 0 bridgehead atoms. The maximum absolute atomic E-state index is 9.69. The Balaban J connectivity index is 2.73. The fourth-order valence-corrected chi connectivity index (χ4v) is 3.24. The van der Waals surface area contributed by atoms with Gasteiger partial charge in [-0.15, -0.1) is 0 Å². The standard InChI is InChI=1S/C12H9Br3O2/c13-9-4-3-6-7(12(9)15)1-2-8(11(6)14)10(17)5-16/h1-4,10,16-17H,5H2. The summed E-state index contributed by atoms with van der Waals surface area (Å²) in [5.74, 6) is 0. The highest BCUT2D eigenvalue weighted by atomic mass is 79.9. The average molecular weight is 425 g/mol. The molecule has 0 spiro atoms. The smallest absolute Gasteiger partial charge is 0.103 e. The molecule has 0 saturated heterocycles. The van der Waals surface area contributed by atoms with Crippen molar-refractivity contribution in [2.75, 3.05) is 6.61 Å². The first-order valence-corrected chi connectivity index (χ1v) is 7.29. The molecule has 0 heterocycles. The predicted octanol–water partition coefficient (Wildman–Crippen LogP) is 4.15. The first-order valence-electron chi connectivity index (χ1n) is 4.91. The molecule has 0 aliphatic rings. The molecule has 0 amide bonds. The molecule has 1 unspecified atom stereocenters. The zero-order chi connectivity index (χ0) is 12.6. The summed E-state index contributed by atoms with van der Waals surface area (Å²) in [5, 5.41) is 20.7. The van der Waals surface area contributed by atoms with Gasteiger partial charge in [0.15, 0.2) is 0 Å². The summed E-state index contributed by atoms with van der Waals surface area (Å²) in [4.78, 5) is 0. The van der Waals surface area contributed by atoms with Gasteiger partial charge in [0.25, 0.3) is 0 Å². The van der Waals surface area contributed by atoms with Crippen LogP contribution in [-0.4, -0.2) is 16.8 Å². The van der Waals surface area contributed by atoms with Crippen LogP contribution in [0, 0.1) is 0 Å². The minimum absolute atomic E-state index is 0.290. The first-order chi connectivity index (χ1) is 8.06. The number of halogens is 3. The summed E-state index contributed by atoms with van der Waals surface area (Å²) in [6.45, 7) is -0.290. The Morgan fingerprint density at radius 3 is 2.18 bits per heavy atom. The van der Waals surface area contributed by atoms with E-state index in [-0.39, 0.29) is 6.61 Å². The first kappa shape index (κ1) is 13.5. The normalized spacial score (nSPS) is 13.0. The monoisotopic (exact) mass is 422 g/mol. The lowest BCUT2D eigenvalue weighted by Gasteiger charge is -2.13. The van der Waals surface area contributed by atoms with Crippen molar-refractivity contribution < 1.29 is 10.2 Å². The number of hydrogen-bond acceptors (Lipinski definition) is 2. The van der Waals surface area contributed by atoms with Crippen molar-refractivity contribution in [1.29, 1.82) is 0 Å².